The van der Waals surface area contributed by atoms with E-state index in [4.69, 9.17) is 4.74 Å². The number of thiazole rings is 1. The zero-order valence-corrected chi connectivity index (χ0v) is 15.4. The van der Waals surface area contributed by atoms with Crippen molar-refractivity contribution < 1.29 is 13.2 Å². The number of nitrogens with zero attached hydrogens (tertiary/aromatic N) is 4. The number of morpholine rings is 1. The largest absolute Gasteiger partial charge is 0.379 e. The molecule has 0 N–H and O–H groups in total. The van der Waals surface area contributed by atoms with Gasteiger partial charge in [-0.2, -0.15) is 4.31 Å². The van der Waals surface area contributed by atoms with Gasteiger partial charge in [0.15, 0.2) is 0 Å². The molecule has 1 aliphatic heterocycles. The van der Waals surface area contributed by atoms with Crippen molar-refractivity contribution in [3.63, 3.8) is 0 Å². The molecule has 9 heteroatoms. The fourth-order valence-corrected chi connectivity index (χ4v) is 4.86. The minimum Gasteiger partial charge on any atom is -0.379 e. The summed E-state index contributed by atoms with van der Waals surface area (Å²) in [6.45, 7) is 1.64. The normalized spacial score (nSPS) is 15.8. The van der Waals surface area contributed by atoms with Gasteiger partial charge in [-0.15, -0.1) is 11.3 Å². The average molecular weight is 388 g/mol. The number of benzene rings is 1. The molecule has 1 aliphatic rings. The topological polar surface area (TPSA) is 85.3 Å². The molecule has 0 aliphatic carbocycles. The maximum Gasteiger partial charge on any atom is 0.243 e. The third kappa shape index (κ3) is 3.38. The maximum absolute atomic E-state index is 12.7. The predicted octanol–water partition coefficient (Wildman–Crippen LogP) is 2.29. The van der Waals surface area contributed by atoms with Gasteiger partial charge in [-0.3, -0.25) is 9.97 Å². The molecule has 3 aromatic rings. The fraction of sp³-hybridized carbons (Fsp3) is 0.235. The summed E-state index contributed by atoms with van der Waals surface area (Å²) in [4.78, 5) is 13.2. The van der Waals surface area contributed by atoms with E-state index in [0.29, 0.717) is 26.3 Å². The van der Waals surface area contributed by atoms with Crippen molar-refractivity contribution in [2.75, 3.05) is 26.3 Å². The second-order valence-corrected chi connectivity index (χ2v) is 8.47. The summed E-state index contributed by atoms with van der Waals surface area (Å²) in [6.07, 6.45) is 4.91. The number of rotatable bonds is 4. The first-order valence-electron chi connectivity index (χ1n) is 8.05. The van der Waals surface area contributed by atoms with Gasteiger partial charge in [0.05, 0.1) is 30.0 Å². The Balaban J connectivity index is 1.57. The summed E-state index contributed by atoms with van der Waals surface area (Å²) in [5.74, 6) is 0. The SMILES string of the molecule is O=S(=O)(c1ccc(-c2csc(-c3cnccn3)n2)cc1)N1CCOCC1. The number of aromatic nitrogens is 3. The summed E-state index contributed by atoms with van der Waals surface area (Å²) in [5.41, 5.74) is 2.36. The van der Waals surface area contributed by atoms with Crippen molar-refractivity contribution in [1.29, 1.82) is 0 Å². The van der Waals surface area contributed by atoms with E-state index >= 15 is 0 Å². The molecule has 1 fully saturated rings. The van der Waals surface area contributed by atoms with E-state index in [2.05, 4.69) is 15.0 Å². The molecule has 26 heavy (non-hydrogen) atoms. The van der Waals surface area contributed by atoms with Gasteiger partial charge < -0.3 is 4.74 Å². The number of hydrogen-bond acceptors (Lipinski definition) is 7. The second-order valence-electron chi connectivity index (χ2n) is 5.67. The van der Waals surface area contributed by atoms with Crippen LogP contribution in [-0.4, -0.2) is 54.0 Å². The lowest BCUT2D eigenvalue weighted by Crippen LogP contribution is -2.40. The van der Waals surface area contributed by atoms with Gasteiger partial charge in [0.25, 0.3) is 0 Å². The molecule has 2 aromatic heterocycles. The Labute approximate surface area is 155 Å². The van der Waals surface area contributed by atoms with Crippen LogP contribution in [0.5, 0.6) is 0 Å². The first-order chi connectivity index (χ1) is 12.6. The molecule has 1 aromatic carbocycles. The van der Waals surface area contributed by atoms with Crippen LogP contribution in [0.2, 0.25) is 0 Å². The molecule has 4 rings (SSSR count). The van der Waals surface area contributed by atoms with E-state index in [9.17, 15) is 8.42 Å². The minimum atomic E-state index is -3.48. The van der Waals surface area contributed by atoms with Crippen LogP contribution >= 0.6 is 11.3 Å². The summed E-state index contributed by atoms with van der Waals surface area (Å²) in [7, 11) is -3.48. The highest BCUT2D eigenvalue weighted by Crippen LogP contribution is 2.28. The number of ether oxygens (including phenoxy) is 1. The highest BCUT2D eigenvalue weighted by Gasteiger charge is 2.26. The Bertz CT molecular complexity index is 982. The molecule has 0 unspecified atom stereocenters. The second kappa shape index (κ2) is 7.20. The third-order valence-corrected chi connectivity index (χ3v) is 6.82. The first-order valence-corrected chi connectivity index (χ1v) is 10.4. The Morgan fingerprint density at radius 1 is 1.04 bits per heavy atom. The van der Waals surface area contributed by atoms with Crippen molar-refractivity contribution >= 4 is 21.4 Å². The lowest BCUT2D eigenvalue weighted by molar-refractivity contribution is 0.0730. The average Bonchev–Trinajstić information content (AvgIpc) is 3.20. The standard InChI is InChI=1S/C17H16N4O3S2/c22-26(23,21-7-9-24-10-8-21)14-3-1-13(2-4-14)16-12-25-17(20-16)15-11-18-5-6-19-15/h1-6,11-12H,7-10H2. The van der Waals surface area contributed by atoms with Crippen molar-refractivity contribution in [1.82, 2.24) is 19.3 Å². The van der Waals surface area contributed by atoms with E-state index in [-0.39, 0.29) is 4.90 Å². The van der Waals surface area contributed by atoms with Crippen LogP contribution in [0.15, 0.2) is 53.1 Å². The molecule has 0 spiro atoms. The van der Waals surface area contributed by atoms with E-state index < -0.39 is 10.0 Å². The van der Waals surface area contributed by atoms with Crippen molar-refractivity contribution in [2.24, 2.45) is 0 Å². The molecular weight excluding hydrogens is 372 g/mol. The van der Waals surface area contributed by atoms with E-state index in [0.717, 1.165) is 22.0 Å². The number of sulfonamides is 1. The lowest BCUT2D eigenvalue weighted by Gasteiger charge is -2.26. The van der Waals surface area contributed by atoms with E-state index in [1.165, 1.54) is 15.6 Å². The molecule has 0 bridgehead atoms. The van der Waals surface area contributed by atoms with Crippen molar-refractivity contribution in [3.8, 4) is 22.0 Å². The summed E-state index contributed by atoms with van der Waals surface area (Å²) in [6, 6.07) is 6.81. The minimum absolute atomic E-state index is 0.285. The molecule has 3 heterocycles. The maximum atomic E-state index is 12.7. The van der Waals surface area contributed by atoms with Gasteiger partial charge in [-0.1, -0.05) is 12.1 Å². The first kappa shape index (κ1) is 17.2. The predicted molar refractivity (Wildman–Crippen MR) is 98.2 cm³/mol. The van der Waals surface area contributed by atoms with Crippen LogP contribution in [0.25, 0.3) is 22.0 Å². The highest BCUT2D eigenvalue weighted by molar-refractivity contribution is 7.89. The zero-order valence-electron chi connectivity index (χ0n) is 13.8. The quantitative estimate of drug-likeness (QED) is 0.682. The van der Waals surface area contributed by atoms with Gasteiger partial charge in [-0.05, 0) is 12.1 Å². The van der Waals surface area contributed by atoms with Gasteiger partial charge in [0.2, 0.25) is 10.0 Å². The van der Waals surface area contributed by atoms with Crippen LogP contribution in [-0.2, 0) is 14.8 Å². The van der Waals surface area contributed by atoms with Crippen LogP contribution in [0.4, 0.5) is 0 Å². The third-order valence-electron chi connectivity index (χ3n) is 4.04. The molecular formula is C17H16N4O3S2. The molecule has 134 valence electrons. The molecule has 0 saturated carbocycles. The highest BCUT2D eigenvalue weighted by atomic mass is 32.2. The molecule has 7 nitrogen and oxygen atoms in total. The van der Waals surface area contributed by atoms with Crippen molar-refractivity contribution in [3.05, 3.63) is 48.2 Å². The Hall–Kier alpha value is -2.20. The van der Waals surface area contributed by atoms with Gasteiger partial charge in [-0.25, -0.2) is 13.4 Å². The fourth-order valence-electron chi connectivity index (χ4n) is 2.67. The molecule has 1 saturated heterocycles. The van der Waals surface area contributed by atoms with Crippen LogP contribution in [0.3, 0.4) is 0 Å². The van der Waals surface area contributed by atoms with Crippen LogP contribution in [0.1, 0.15) is 0 Å². The number of hydrogen-bond donors (Lipinski definition) is 0. The Morgan fingerprint density at radius 2 is 1.81 bits per heavy atom. The van der Waals surface area contributed by atoms with Crippen molar-refractivity contribution in [2.45, 2.75) is 4.90 Å². The van der Waals surface area contributed by atoms with Gasteiger partial charge >= 0.3 is 0 Å². The van der Waals surface area contributed by atoms with Crippen LogP contribution in [0, 0.1) is 0 Å². The van der Waals surface area contributed by atoms with E-state index in [1.54, 1.807) is 42.9 Å². The monoisotopic (exact) mass is 388 g/mol. The van der Waals surface area contributed by atoms with Gasteiger partial charge in [0, 0.05) is 36.4 Å². The van der Waals surface area contributed by atoms with Crippen LogP contribution < -0.4 is 0 Å². The smallest absolute Gasteiger partial charge is 0.243 e. The van der Waals surface area contributed by atoms with E-state index in [1.807, 2.05) is 5.38 Å². The lowest BCUT2D eigenvalue weighted by atomic mass is 10.2. The zero-order chi connectivity index (χ0) is 18.0. The summed E-state index contributed by atoms with van der Waals surface area (Å²) >= 11 is 1.48. The Morgan fingerprint density at radius 3 is 2.50 bits per heavy atom. The molecule has 0 atom stereocenters. The van der Waals surface area contributed by atoms with Gasteiger partial charge in [0.1, 0.15) is 10.7 Å². The summed E-state index contributed by atoms with van der Waals surface area (Å²) < 4.78 is 32.0. The Kier molecular flexibility index (Phi) is 4.77. The molecule has 0 radical (unpaired) electrons. The summed E-state index contributed by atoms with van der Waals surface area (Å²) in [5, 5.41) is 2.70. The molecule has 0 amide bonds.